The first kappa shape index (κ1) is 11.0. The van der Waals surface area contributed by atoms with Gasteiger partial charge in [0, 0.05) is 0 Å². The van der Waals surface area contributed by atoms with Gasteiger partial charge in [-0.3, -0.25) is 0 Å². The normalized spacial score (nSPS) is 9.25. The Morgan fingerprint density at radius 2 is 1.67 bits per heavy atom. The van der Waals surface area contributed by atoms with Crippen molar-refractivity contribution < 1.29 is 0 Å². The maximum Gasteiger partial charge on any atom is -0.0260 e. The van der Waals surface area contributed by atoms with Gasteiger partial charge in [0.15, 0.2) is 0 Å². The fourth-order valence-electron chi connectivity index (χ4n) is 0.818. The Morgan fingerprint density at radius 1 is 1.08 bits per heavy atom. The van der Waals surface area contributed by atoms with Crippen LogP contribution in [0.4, 0.5) is 0 Å². The highest BCUT2D eigenvalue weighted by Crippen LogP contribution is 2.00. The lowest BCUT2D eigenvalue weighted by Crippen LogP contribution is -1.66. The van der Waals surface area contributed by atoms with Crippen molar-refractivity contribution in [2.75, 3.05) is 0 Å². The highest BCUT2D eigenvalue weighted by molar-refractivity contribution is 5.48. The van der Waals surface area contributed by atoms with E-state index in [1.54, 1.807) is 0 Å². The van der Waals surface area contributed by atoms with Crippen LogP contribution in [0, 0.1) is 0 Å². The Balaban J connectivity index is 0.000000561. The van der Waals surface area contributed by atoms with Crippen molar-refractivity contribution in [2.24, 2.45) is 0 Å². The second-order valence-electron chi connectivity index (χ2n) is 2.22. The van der Waals surface area contributed by atoms with Crippen LogP contribution < -0.4 is 0 Å². The Hall–Kier alpha value is -1.04. The minimum Gasteiger partial charge on any atom is -0.0842 e. The molecule has 0 heteroatoms. The van der Waals surface area contributed by atoms with Crippen molar-refractivity contribution in [2.45, 2.75) is 27.2 Å². The molecule has 0 spiro atoms. The largest absolute Gasteiger partial charge is 0.0842 e. The summed E-state index contributed by atoms with van der Waals surface area (Å²) in [6, 6.07) is 10.3. The zero-order valence-electron chi connectivity index (χ0n) is 8.25. The molecule has 0 saturated heterocycles. The first-order valence-electron chi connectivity index (χ1n) is 4.65. The summed E-state index contributed by atoms with van der Waals surface area (Å²) >= 11 is 0. The Labute approximate surface area is 75.9 Å². The predicted octanol–water partition coefficient (Wildman–Crippen LogP) is 4.14. The summed E-state index contributed by atoms with van der Waals surface area (Å²) in [5, 5.41) is 0. The molecule has 0 radical (unpaired) electrons. The highest BCUT2D eigenvalue weighted by Gasteiger charge is 1.78. The molecular formula is C12H18. The fourth-order valence-corrected chi connectivity index (χ4v) is 0.818. The van der Waals surface area contributed by atoms with E-state index in [9.17, 15) is 0 Å². The van der Waals surface area contributed by atoms with Gasteiger partial charge in [-0.25, -0.2) is 0 Å². The number of allylic oxidation sites excluding steroid dienone is 1. The zero-order valence-corrected chi connectivity index (χ0v) is 8.25. The van der Waals surface area contributed by atoms with Gasteiger partial charge in [0.25, 0.3) is 0 Å². The van der Waals surface area contributed by atoms with Crippen LogP contribution in [0.3, 0.4) is 0 Å². The molecular weight excluding hydrogens is 144 g/mol. The van der Waals surface area contributed by atoms with Crippen molar-refractivity contribution in [1.82, 2.24) is 0 Å². The summed E-state index contributed by atoms with van der Waals surface area (Å²) in [6.07, 6.45) is 5.41. The third-order valence-corrected chi connectivity index (χ3v) is 1.35. The van der Waals surface area contributed by atoms with Crippen LogP contribution in [0.2, 0.25) is 0 Å². The van der Waals surface area contributed by atoms with E-state index in [1.807, 2.05) is 19.9 Å². The number of rotatable bonds is 2. The van der Waals surface area contributed by atoms with Gasteiger partial charge in [-0.2, -0.15) is 0 Å². The topological polar surface area (TPSA) is 0 Å². The lowest BCUT2D eigenvalue weighted by molar-refractivity contribution is 1.23. The van der Waals surface area contributed by atoms with Gasteiger partial charge < -0.3 is 0 Å². The molecule has 0 N–H and O–H groups in total. The van der Waals surface area contributed by atoms with E-state index in [0.717, 1.165) is 6.42 Å². The summed E-state index contributed by atoms with van der Waals surface area (Å²) in [6.45, 7) is 6.14. The van der Waals surface area contributed by atoms with E-state index in [2.05, 4.69) is 43.3 Å². The summed E-state index contributed by atoms with van der Waals surface area (Å²) in [5.74, 6) is 0. The highest BCUT2D eigenvalue weighted by atomic mass is 13.8. The molecule has 0 amide bonds. The van der Waals surface area contributed by atoms with E-state index in [-0.39, 0.29) is 0 Å². The van der Waals surface area contributed by atoms with Gasteiger partial charge in [0.2, 0.25) is 0 Å². The maximum absolute atomic E-state index is 2.16. The third kappa shape index (κ3) is 4.73. The molecule has 1 rings (SSSR count). The number of hydrogen-bond acceptors (Lipinski definition) is 0. The first-order valence-corrected chi connectivity index (χ1v) is 4.65. The van der Waals surface area contributed by atoms with E-state index in [1.165, 1.54) is 5.56 Å². The maximum atomic E-state index is 2.16. The van der Waals surface area contributed by atoms with E-state index in [0.29, 0.717) is 0 Å². The van der Waals surface area contributed by atoms with Crippen LogP contribution in [0.1, 0.15) is 32.8 Å². The molecule has 12 heavy (non-hydrogen) atoms. The van der Waals surface area contributed by atoms with Crippen LogP contribution in [-0.4, -0.2) is 0 Å². The van der Waals surface area contributed by atoms with Gasteiger partial charge >= 0.3 is 0 Å². The Bertz CT molecular complexity index is 197. The smallest absolute Gasteiger partial charge is 0.0260 e. The lowest BCUT2D eigenvalue weighted by atomic mass is 10.2. The van der Waals surface area contributed by atoms with Crippen molar-refractivity contribution in [1.29, 1.82) is 0 Å². The number of hydrogen-bond donors (Lipinski definition) is 0. The van der Waals surface area contributed by atoms with E-state index < -0.39 is 0 Å². The van der Waals surface area contributed by atoms with E-state index >= 15 is 0 Å². The summed E-state index contributed by atoms with van der Waals surface area (Å²) < 4.78 is 0. The van der Waals surface area contributed by atoms with Crippen molar-refractivity contribution in [3.8, 4) is 0 Å². The SMILES string of the molecule is CC.CC/C=C/c1ccccc1. The molecule has 66 valence electrons. The van der Waals surface area contributed by atoms with Gasteiger partial charge in [0.1, 0.15) is 0 Å². The molecule has 0 heterocycles. The third-order valence-electron chi connectivity index (χ3n) is 1.35. The molecule has 0 aromatic heterocycles. The Morgan fingerprint density at radius 3 is 2.17 bits per heavy atom. The molecule has 0 saturated carbocycles. The number of benzene rings is 1. The summed E-state index contributed by atoms with van der Waals surface area (Å²) in [7, 11) is 0. The molecule has 0 fully saturated rings. The fraction of sp³-hybridized carbons (Fsp3) is 0.333. The van der Waals surface area contributed by atoms with Crippen LogP contribution >= 0.6 is 0 Å². The molecule has 0 atom stereocenters. The van der Waals surface area contributed by atoms with Crippen molar-refractivity contribution in [3.63, 3.8) is 0 Å². The molecule has 0 bridgehead atoms. The first-order chi connectivity index (χ1) is 5.93. The van der Waals surface area contributed by atoms with Gasteiger partial charge in [-0.15, -0.1) is 0 Å². The van der Waals surface area contributed by atoms with Crippen LogP contribution in [0.15, 0.2) is 36.4 Å². The molecule has 0 unspecified atom stereocenters. The average Bonchev–Trinajstić information content (AvgIpc) is 2.19. The van der Waals surface area contributed by atoms with Crippen molar-refractivity contribution in [3.05, 3.63) is 42.0 Å². The molecule has 0 nitrogen and oxygen atoms in total. The molecule has 0 aliphatic carbocycles. The zero-order chi connectivity index (χ0) is 9.23. The standard InChI is InChI=1S/C10H12.C2H6/c1-2-3-7-10-8-5-4-6-9-10;1-2/h3-9H,2H2,1H3;1-2H3/b7-3+;. The second-order valence-corrected chi connectivity index (χ2v) is 2.22. The van der Waals surface area contributed by atoms with Crippen molar-refractivity contribution >= 4 is 6.08 Å². The monoisotopic (exact) mass is 162 g/mol. The summed E-state index contributed by atoms with van der Waals surface area (Å²) in [5.41, 5.74) is 1.28. The van der Waals surface area contributed by atoms with Gasteiger partial charge in [-0.05, 0) is 12.0 Å². The lowest BCUT2D eigenvalue weighted by Gasteiger charge is -1.88. The minimum absolute atomic E-state index is 1.11. The summed E-state index contributed by atoms with van der Waals surface area (Å²) in [4.78, 5) is 0. The minimum atomic E-state index is 1.11. The predicted molar refractivity (Wildman–Crippen MR) is 57.1 cm³/mol. The van der Waals surface area contributed by atoms with Gasteiger partial charge in [-0.1, -0.05) is 63.3 Å². The van der Waals surface area contributed by atoms with E-state index in [4.69, 9.17) is 0 Å². The quantitative estimate of drug-likeness (QED) is 0.613. The second kappa shape index (κ2) is 8.06. The van der Waals surface area contributed by atoms with Crippen LogP contribution in [0.25, 0.3) is 6.08 Å². The molecule has 1 aromatic carbocycles. The average molecular weight is 162 g/mol. The molecule has 0 aliphatic heterocycles. The molecule has 0 aliphatic rings. The Kier molecular flexibility index (Phi) is 7.36. The van der Waals surface area contributed by atoms with Crippen LogP contribution in [-0.2, 0) is 0 Å². The molecule has 1 aromatic rings. The van der Waals surface area contributed by atoms with Gasteiger partial charge in [0.05, 0.1) is 0 Å². The van der Waals surface area contributed by atoms with Crippen LogP contribution in [0.5, 0.6) is 0 Å².